The molecule has 5 aromatic carbocycles. The van der Waals surface area contributed by atoms with Crippen LogP contribution in [0.3, 0.4) is 0 Å². The van der Waals surface area contributed by atoms with Crippen LogP contribution in [0.1, 0.15) is 5.56 Å². The second-order valence-electron chi connectivity index (χ2n) is 7.98. The van der Waals surface area contributed by atoms with E-state index in [-0.39, 0.29) is 0 Å². The third-order valence-corrected chi connectivity index (χ3v) is 5.89. The van der Waals surface area contributed by atoms with Gasteiger partial charge in [-0.25, -0.2) is 0 Å². The number of benzene rings is 5. The maximum Gasteiger partial charge on any atom is 0.100 e. The first kappa shape index (κ1) is 21.1. The number of nitrogens with zero attached hydrogens (tertiary/aromatic N) is 2. The molecule has 0 bridgehead atoms. The van der Waals surface area contributed by atoms with Crippen molar-refractivity contribution in [3.05, 3.63) is 139 Å². The Morgan fingerprint density at radius 3 is 1.44 bits per heavy atom. The molecule has 0 atom stereocenters. The highest BCUT2D eigenvalue weighted by Crippen LogP contribution is 2.27. The zero-order chi connectivity index (χ0) is 23.2. The molecule has 6 rings (SSSR count). The number of hydrogen-bond acceptors (Lipinski definition) is 2. The highest BCUT2D eigenvalue weighted by molar-refractivity contribution is 6.04. The van der Waals surface area contributed by atoms with Gasteiger partial charge in [0.1, 0.15) is 6.07 Å². The van der Waals surface area contributed by atoms with Gasteiger partial charge in [0.25, 0.3) is 0 Å². The second kappa shape index (κ2) is 9.81. The van der Waals surface area contributed by atoms with Crippen molar-refractivity contribution in [3.63, 3.8) is 0 Å². The molecule has 0 aliphatic carbocycles. The molecule has 0 saturated heterocycles. The summed E-state index contributed by atoms with van der Waals surface area (Å²) >= 11 is 0. The number of fused-ring (bicyclic) bond motifs is 2. The molecule has 0 radical (unpaired) electrons. The molecule has 0 spiro atoms. The molecule has 0 unspecified atom stereocenters. The molecule has 1 heterocycles. The minimum absolute atomic E-state index is 0.772. The van der Waals surface area contributed by atoms with Crippen LogP contribution in [-0.4, -0.2) is 4.98 Å². The Morgan fingerprint density at radius 2 is 0.912 bits per heavy atom. The molecular weight excluding hydrogens is 412 g/mol. The molecule has 0 aliphatic heterocycles. The van der Waals surface area contributed by atoms with Crippen LogP contribution in [0.25, 0.3) is 43.8 Å². The molecule has 1 aromatic heterocycles. The molecular formula is C32H22N2. The monoisotopic (exact) mass is 434 g/mol. The summed E-state index contributed by atoms with van der Waals surface area (Å²) in [6, 6.07) is 43.5. The first-order valence-electron chi connectivity index (χ1n) is 11.2. The molecule has 0 N–H and O–H groups in total. The molecule has 0 aliphatic rings. The third-order valence-electron chi connectivity index (χ3n) is 5.89. The Bertz CT molecular complexity index is 1470. The van der Waals surface area contributed by atoms with E-state index in [4.69, 9.17) is 0 Å². The highest BCUT2D eigenvalue weighted by atomic mass is 14.6. The van der Waals surface area contributed by atoms with Gasteiger partial charge in [-0.05, 0) is 51.2 Å². The van der Waals surface area contributed by atoms with Crippen molar-refractivity contribution in [1.82, 2.24) is 4.98 Å². The van der Waals surface area contributed by atoms with E-state index in [9.17, 15) is 5.26 Å². The maximum atomic E-state index is 9.28. The molecule has 160 valence electrons. The van der Waals surface area contributed by atoms with Crippen molar-refractivity contribution in [2.45, 2.75) is 0 Å². The Hall–Kier alpha value is -4.74. The van der Waals surface area contributed by atoms with E-state index in [0.29, 0.717) is 0 Å². The summed E-state index contributed by atoms with van der Waals surface area (Å²) < 4.78 is 0. The summed E-state index contributed by atoms with van der Waals surface area (Å²) in [5.41, 5.74) is 5.68. The van der Waals surface area contributed by atoms with Crippen LogP contribution in [0, 0.1) is 11.3 Å². The van der Waals surface area contributed by atoms with E-state index in [1.165, 1.54) is 22.3 Å². The lowest BCUT2D eigenvalue weighted by Gasteiger charge is -2.04. The van der Waals surface area contributed by atoms with Gasteiger partial charge in [-0.3, -0.25) is 4.98 Å². The quantitative estimate of drug-likeness (QED) is 0.257. The van der Waals surface area contributed by atoms with E-state index >= 15 is 0 Å². The molecule has 0 fully saturated rings. The fourth-order valence-corrected chi connectivity index (χ4v) is 4.16. The van der Waals surface area contributed by atoms with Gasteiger partial charge in [0, 0.05) is 23.2 Å². The van der Waals surface area contributed by atoms with Crippen molar-refractivity contribution in [1.29, 1.82) is 5.26 Å². The van der Waals surface area contributed by atoms with E-state index in [1.807, 2.05) is 79.1 Å². The Labute approximate surface area is 199 Å². The number of rotatable bonds is 2. The first-order chi connectivity index (χ1) is 16.8. The normalized spacial score (nSPS) is 10.3. The second-order valence-corrected chi connectivity index (χ2v) is 7.98. The van der Waals surface area contributed by atoms with Crippen molar-refractivity contribution < 1.29 is 0 Å². The predicted octanol–water partition coefficient (Wildman–Crippen LogP) is 8.28. The van der Waals surface area contributed by atoms with Gasteiger partial charge in [-0.2, -0.15) is 5.26 Å². The van der Waals surface area contributed by atoms with Gasteiger partial charge in [-0.15, -0.1) is 0 Å². The zero-order valence-corrected chi connectivity index (χ0v) is 18.6. The van der Waals surface area contributed by atoms with Crippen LogP contribution < -0.4 is 0 Å². The predicted molar refractivity (Wildman–Crippen MR) is 141 cm³/mol. The van der Waals surface area contributed by atoms with Crippen LogP contribution in [0.4, 0.5) is 0 Å². The van der Waals surface area contributed by atoms with Gasteiger partial charge in [-0.1, -0.05) is 103 Å². The minimum Gasteiger partial charge on any atom is -0.265 e. The van der Waals surface area contributed by atoms with Crippen molar-refractivity contribution in [2.24, 2.45) is 0 Å². The fraction of sp³-hybridized carbons (Fsp3) is 0. The van der Waals surface area contributed by atoms with Crippen molar-refractivity contribution in [3.8, 4) is 28.3 Å². The third kappa shape index (κ3) is 4.41. The van der Waals surface area contributed by atoms with E-state index in [2.05, 4.69) is 65.7 Å². The van der Waals surface area contributed by atoms with Crippen LogP contribution in [0.5, 0.6) is 0 Å². The Kier molecular flexibility index (Phi) is 6.10. The molecule has 0 amide bonds. The van der Waals surface area contributed by atoms with Gasteiger partial charge >= 0.3 is 0 Å². The number of aromatic nitrogens is 1. The molecule has 6 aromatic rings. The lowest BCUT2D eigenvalue weighted by Crippen LogP contribution is -1.83. The summed E-state index contributed by atoms with van der Waals surface area (Å²) in [6.45, 7) is 0. The van der Waals surface area contributed by atoms with Crippen LogP contribution >= 0.6 is 0 Å². The SMILES string of the molecule is N#Cc1c2ccccc2cc2ccccc12.c1ccc(-c2ccc(-c3ccncc3)cc2)cc1. The molecule has 2 heteroatoms. The van der Waals surface area contributed by atoms with Crippen LogP contribution in [0.2, 0.25) is 0 Å². The average Bonchev–Trinajstić information content (AvgIpc) is 2.93. The van der Waals surface area contributed by atoms with Crippen LogP contribution in [0.15, 0.2) is 134 Å². The zero-order valence-electron chi connectivity index (χ0n) is 18.6. The van der Waals surface area contributed by atoms with E-state index < -0.39 is 0 Å². The largest absolute Gasteiger partial charge is 0.265 e. The van der Waals surface area contributed by atoms with Gasteiger partial charge in [0.05, 0.1) is 5.56 Å². The van der Waals surface area contributed by atoms with Gasteiger partial charge < -0.3 is 0 Å². The molecule has 0 saturated carbocycles. The number of hydrogen-bond donors (Lipinski definition) is 0. The van der Waals surface area contributed by atoms with Gasteiger partial charge in [0.2, 0.25) is 0 Å². The lowest BCUT2D eigenvalue weighted by atomic mass is 9.98. The number of pyridine rings is 1. The highest BCUT2D eigenvalue weighted by Gasteiger charge is 2.05. The summed E-state index contributed by atoms with van der Waals surface area (Å²) in [7, 11) is 0. The van der Waals surface area contributed by atoms with Crippen LogP contribution in [-0.2, 0) is 0 Å². The standard InChI is InChI=1S/C17H13N.C15H9N/c1-2-4-14(5-3-1)15-6-8-16(9-7-15)17-10-12-18-13-11-17;16-10-15-13-7-3-1-5-11(13)9-12-6-2-4-8-14(12)15/h1-13H;1-9H. The topological polar surface area (TPSA) is 36.7 Å². The molecule has 34 heavy (non-hydrogen) atoms. The summed E-state index contributed by atoms with van der Waals surface area (Å²) in [5, 5.41) is 13.6. The Morgan fingerprint density at radius 1 is 0.471 bits per heavy atom. The van der Waals surface area contributed by atoms with E-state index in [1.54, 1.807) is 0 Å². The maximum absolute atomic E-state index is 9.28. The van der Waals surface area contributed by atoms with Crippen molar-refractivity contribution in [2.75, 3.05) is 0 Å². The Balaban J connectivity index is 0.000000142. The molecule has 2 nitrogen and oxygen atoms in total. The minimum atomic E-state index is 0.772. The number of nitriles is 1. The smallest absolute Gasteiger partial charge is 0.100 e. The van der Waals surface area contributed by atoms with E-state index in [0.717, 1.165) is 27.1 Å². The van der Waals surface area contributed by atoms with Gasteiger partial charge in [0.15, 0.2) is 0 Å². The summed E-state index contributed by atoms with van der Waals surface area (Å²) in [5.74, 6) is 0. The van der Waals surface area contributed by atoms with Crippen molar-refractivity contribution >= 4 is 21.5 Å². The average molecular weight is 435 g/mol. The first-order valence-corrected chi connectivity index (χ1v) is 11.2. The summed E-state index contributed by atoms with van der Waals surface area (Å²) in [6.07, 6.45) is 3.64. The fourth-order valence-electron chi connectivity index (χ4n) is 4.16. The summed E-state index contributed by atoms with van der Waals surface area (Å²) in [4.78, 5) is 4.04. The lowest BCUT2D eigenvalue weighted by molar-refractivity contribution is 1.33.